The number of amides is 2. The number of carboxylic acids is 2. The van der Waals surface area contributed by atoms with E-state index in [-0.39, 0.29) is 51.4 Å². The molecule has 0 aliphatic heterocycles. The van der Waals surface area contributed by atoms with Gasteiger partial charge in [-0.05, 0) is 134 Å². The predicted molar refractivity (Wildman–Crippen MR) is 313 cm³/mol. The van der Waals surface area contributed by atoms with Crippen molar-refractivity contribution in [1.82, 2.24) is 10.6 Å². The molecule has 4 N–H and O–H groups in total. The lowest BCUT2D eigenvalue weighted by molar-refractivity contribution is -0.149. The van der Waals surface area contributed by atoms with Crippen LogP contribution in [0.1, 0.15) is 97.9 Å². The van der Waals surface area contributed by atoms with E-state index in [1.807, 2.05) is 60.7 Å². The lowest BCUT2D eigenvalue weighted by Crippen LogP contribution is -2.30. The van der Waals surface area contributed by atoms with Crippen molar-refractivity contribution in [2.75, 3.05) is 39.5 Å². The van der Waals surface area contributed by atoms with Crippen molar-refractivity contribution in [1.29, 1.82) is 0 Å². The molecule has 0 fully saturated rings. The summed E-state index contributed by atoms with van der Waals surface area (Å²) in [4.78, 5) is 71.0. The first-order valence-corrected chi connectivity index (χ1v) is 26.6. The second-order valence-electron chi connectivity index (χ2n) is 20.9. The molecule has 2 aliphatic rings. The van der Waals surface area contributed by atoms with E-state index in [4.69, 9.17) is 38.6 Å². The summed E-state index contributed by atoms with van der Waals surface area (Å²) in [6.07, 6.45) is 9.53. The van der Waals surface area contributed by atoms with Gasteiger partial charge in [0.2, 0.25) is 0 Å². The van der Waals surface area contributed by atoms with Gasteiger partial charge >= 0.3 is 36.1 Å². The van der Waals surface area contributed by atoms with Gasteiger partial charge in [0, 0.05) is 47.3 Å². The number of fused-ring (bicyclic) bond motifs is 6. The molecule has 0 atom stereocenters. The molecular formula is C66H66N2O14. The number of hydrogen-bond acceptors (Lipinski definition) is 12. The summed E-state index contributed by atoms with van der Waals surface area (Å²) in [5, 5.41) is 23.1. The van der Waals surface area contributed by atoms with E-state index in [1.54, 1.807) is 90.1 Å². The van der Waals surface area contributed by atoms with Crippen LogP contribution in [-0.2, 0) is 38.1 Å². The molecule has 6 aromatic carbocycles. The van der Waals surface area contributed by atoms with Crippen molar-refractivity contribution in [3.8, 4) is 33.8 Å². The Morgan fingerprint density at radius 1 is 0.451 bits per heavy atom. The molecule has 0 heterocycles. The minimum Gasteiger partial charge on any atom is -0.491 e. The topological polar surface area (TPSA) is 222 Å². The Labute approximate surface area is 476 Å². The number of nitrogens with one attached hydrogen (secondary N) is 2. The Morgan fingerprint density at radius 3 is 1.15 bits per heavy atom. The van der Waals surface area contributed by atoms with Crippen LogP contribution >= 0.6 is 0 Å². The van der Waals surface area contributed by atoms with Gasteiger partial charge in [-0.1, -0.05) is 121 Å². The number of ether oxygens (including phenoxy) is 6. The molecular weight excluding hydrogens is 1040 g/mol. The van der Waals surface area contributed by atoms with Crippen LogP contribution in [0.4, 0.5) is 9.59 Å². The second-order valence-corrected chi connectivity index (χ2v) is 20.9. The number of esters is 2. The number of benzene rings is 6. The van der Waals surface area contributed by atoms with Gasteiger partial charge in [-0.2, -0.15) is 0 Å². The zero-order valence-electron chi connectivity index (χ0n) is 46.5. The largest absolute Gasteiger partial charge is 0.491 e. The predicted octanol–water partition coefficient (Wildman–Crippen LogP) is 12.1. The first-order chi connectivity index (χ1) is 39.2. The lowest BCUT2D eigenvalue weighted by atomic mass is 9.98. The molecule has 0 radical (unpaired) electrons. The molecule has 0 aromatic heterocycles. The van der Waals surface area contributed by atoms with Gasteiger partial charge in [0.25, 0.3) is 0 Å². The molecule has 0 spiro atoms. The average Bonchev–Trinajstić information content (AvgIpc) is 4.17. The van der Waals surface area contributed by atoms with Gasteiger partial charge in [0.15, 0.2) is 0 Å². The maximum atomic E-state index is 12.6. The monoisotopic (exact) mass is 1110 g/mol. The molecule has 424 valence electrons. The van der Waals surface area contributed by atoms with E-state index in [0.29, 0.717) is 33.8 Å². The molecule has 16 heteroatoms. The molecule has 6 aromatic rings. The van der Waals surface area contributed by atoms with Gasteiger partial charge in [-0.25, -0.2) is 28.8 Å². The molecule has 0 bridgehead atoms. The fourth-order valence-corrected chi connectivity index (χ4v) is 9.08. The lowest BCUT2D eigenvalue weighted by Gasteiger charge is -2.18. The highest BCUT2D eigenvalue weighted by Crippen LogP contribution is 2.46. The molecule has 2 aliphatic carbocycles. The van der Waals surface area contributed by atoms with Crippen molar-refractivity contribution in [2.24, 2.45) is 0 Å². The van der Waals surface area contributed by atoms with Crippen LogP contribution in [0.15, 0.2) is 158 Å². The summed E-state index contributed by atoms with van der Waals surface area (Å²) in [5.41, 5.74) is 10.3. The van der Waals surface area contributed by atoms with E-state index >= 15 is 0 Å². The van der Waals surface area contributed by atoms with Crippen molar-refractivity contribution < 1.29 is 67.4 Å². The van der Waals surface area contributed by atoms with Crippen molar-refractivity contribution in [2.45, 2.75) is 64.6 Å². The quantitative estimate of drug-likeness (QED) is 0.0242. The van der Waals surface area contributed by atoms with E-state index in [0.717, 1.165) is 56.7 Å². The average molecular weight is 1110 g/mol. The van der Waals surface area contributed by atoms with Crippen LogP contribution in [0.5, 0.6) is 11.5 Å². The Balaban J connectivity index is 0.000000240. The fraction of sp³-hybridized carbons (Fsp3) is 0.242. The van der Waals surface area contributed by atoms with Gasteiger partial charge in [-0.3, -0.25) is 0 Å². The van der Waals surface area contributed by atoms with Crippen LogP contribution in [0.25, 0.3) is 46.6 Å². The summed E-state index contributed by atoms with van der Waals surface area (Å²) in [7, 11) is 0. The number of carbonyl (C=O) groups excluding carboxylic acids is 4. The highest BCUT2D eigenvalue weighted by molar-refractivity contribution is 5.90. The van der Waals surface area contributed by atoms with E-state index in [2.05, 4.69) is 47.0 Å². The van der Waals surface area contributed by atoms with Crippen LogP contribution in [0, 0.1) is 0 Å². The number of carbonyl (C=O) groups is 6. The van der Waals surface area contributed by atoms with Crippen molar-refractivity contribution >= 4 is 60.4 Å². The zero-order chi connectivity index (χ0) is 58.8. The highest BCUT2D eigenvalue weighted by Gasteiger charge is 2.30. The summed E-state index contributed by atoms with van der Waals surface area (Å²) in [5.74, 6) is -2.43. The van der Waals surface area contributed by atoms with E-state index in [1.165, 1.54) is 24.3 Å². The minimum atomic E-state index is -1.11. The zero-order valence-corrected chi connectivity index (χ0v) is 46.5. The summed E-state index contributed by atoms with van der Waals surface area (Å²) in [6, 6.07) is 42.6. The van der Waals surface area contributed by atoms with Gasteiger partial charge in [0.05, 0.1) is 13.1 Å². The number of alkyl carbamates (subject to hydrolysis) is 2. The summed E-state index contributed by atoms with van der Waals surface area (Å²) >= 11 is 0. The maximum Gasteiger partial charge on any atom is 0.407 e. The number of hydrogen-bond donors (Lipinski definition) is 4. The highest BCUT2D eigenvalue weighted by atomic mass is 16.6. The van der Waals surface area contributed by atoms with Crippen LogP contribution in [-0.4, -0.2) is 97.0 Å². The van der Waals surface area contributed by atoms with Crippen molar-refractivity contribution in [3.63, 3.8) is 0 Å². The molecule has 16 nitrogen and oxygen atoms in total. The van der Waals surface area contributed by atoms with E-state index < -0.39 is 47.3 Å². The standard InChI is InChI=1S/C37H41NO7.C29H25NO7/c1-36(2,3)44-33(39)19-16-25-15-17-26(18-20-34(40)45-37(4,5)6)32(23-25)42-22-21-38-35(41)43-24-31-29-13-9-7-11-27(29)28-12-8-10-14-30(28)31;31-27(32)13-10-19-9-11-20(12-14-28(33)34)26(17-19)36-16-15-30-29(35)37-18-25-23-7-3-1-5-21(23)22-6-2-4-8-24(22)25/h7-20,23,31H,21-22,24H2,1-6H3,(H,38,41);1-14,17,25H,15-16,18H2,(H,30,35)(H,31,32)(H,33,34)/b19-16+,20-18+;13-10+,14-12+. The smallest absolute Gasteiger partial charge is 0.407 e. The third kappa shape index (κ3) is 17.7. The summed E-state index contributed by atoms with van der Waals surface area (Å²) in [6.45, 7) is 11.7. The first kappa shape index (κ1) is 60.0. The van der Waals surface area contributed by atoms with Crippen LogP contribution in [0.2, 0.25) is 0 Å². The maximum absolute atomic E-state index is 12.6. The van der Waals surface area contributed by atoms with Crippen LogP contribution in [0.3, 0.4) is 0 Å². The molecule has 0 unspecified atom stereocenters. The van der Waals surface area contributed by atoms with Gasteiger partial charge in [0.1, 0.15) is 49.1 Å². The second kappa shape index (κ2) is 27.9. The summed E-state index contributed by atoms with van der Waals surface area (Å²) < 4.78 is 33.5. The fourth-order valence-electron chi connectivity index (χ4n) is 9.08. The Morgan fingerprint density at radius 2 is 0.780 bits per heavy atom. The number of carboxylic acid groups (broad SMARTS) is 2. The van der Waals surface area contributed by atoms with Gasteiger partial charge in [-0.15, -0.1) is 0 Å². The molecule has 82 heavy (non-hydrogen) atoms. The normalized spacial score (nSPS) is 12.7. The Bertz CT molecular complexity index is 3320. The van der Waals surface area contributed by atoms with E-state index in [9.17, 15) is 28.8 Å². The molecule has 0 saturated heterocycles. The molecule has 0 saturated carbocycles. The first-order valence-electron chi connectivity index (χ1n) is 26.6. The number of aliphatic carboxylic acids is 2. The Kier molecular flexibility index (Phi) is 20.4. The van der Waals surface area contributed by atoms with Crippen molar-refractivity contribution in [3.05, 3.63) is 202 Å². The number of rotatable bonds is 20. The van der Waals surface area contributed by atoms with Crippen LogP contribution < -0.4 is 20.1 Å². The third-order valence-corrected chi connectivity index (χ3v) is 12.5. The minimum absolute atomic E-state index is 0.0322. The van der Waals surface area contributed by atoms with Gasteiger partial charge < -0.3 is 49.3 Å². The SMILES string of the molecule is CC(C)(C)OC(=O)/C=C/c1ccc(/C=C/C(=O)OC(C)(C)C)c(OCCNC(=O)OCC2c3ccccc3-c3ccccc32)c1.O=C(O)/C=C/c1ccc(/C=C/C(=O)O)c(OCCNC(=O)OCC2c3ccccc3-c3ccccc32)c1. The Hall–Kier alpha value is -9.70. The molecule has 2 amide bonds. The third-order valence-electron chi connectivity index (χ3n) is 12.5. The molecule has 8 rings (SSSR count).